The normalized spacial score (nSPS) is 15.4. The van der Waals surface area contributed by atoms with Crippen molar-refractivity contribution in [2.45, 2.75) is 52.5 Å². The third-order valence-electron chi connectivity index (χ3n) is 5.71. The van der Waals surface area contributed by atoms with Gasteiger partial charge in [0.15, 0.2) is 0 Å². The van der Waals surface area contributed by atoms with E-state index in [2.05, 4.69) is 16.0 Å². The molecule has 1 atom stereocenters. The summed E-state index contributed by atoms with van der Waals surface area (Å²) >= 11 is 0. The highest BCUT2D eigenvalue weighted by atomic mass is 16.5. The second-order valence-corrected chi connectivity index (χ2v) is 8.34. The molecule has 0 saturated heterocycles. The van der Waals surface area contributed by atoms with Crippen LogP contribution in [-0.4, -0.2) is 28.3 Å². The Kier molecular flexibility index (Phi) is 6.06. The standard InChI is InChI=1S/C25H27N3O4/c1-15(2)32-23-7-4-17(10-18(23)13-26)14-31-19-5-6-22-20(11-19)16(3)25-21(12-24(29)30)27-8-9-28(22)25/h4-7,10-11,15,21,27H,8-9,12,14H2,1-3H3,(H,29,30)/t21-/m1/s1. The minimum absolute atomic E-state index is 0.00213. The summed E-state index contributed by atoms with van der Waals surface area (Å²) in [7, 11) is 0. The van der Waals surface area contributed by atoms with Crippen LogP contribution in [0, 0.1) is 18.3 Å². The van der Waals surface area contributed by atoms with E-state index in [1.54, 1.807) is 6.07 Å². The molecule has 166 valence electrons. The van der Waals surface area contributed by atoms with E-state index in [-0.39, 0.29) is 18.6 Å². The molecule has 0 amide bonds. The third kappa shape index (κ3) is 4.27. The summed E-state index contributed by atoms with van der Waals surface area (Å²) in [6.07, 6.45) is 0.0517. The zero-order chi connectivity index (χ0) is 22.8. The highest BCUT2D eigenvalue weighted by Gasteiger charge is 2.27. The van der Waals surface area contributed by atoms with Crippen LogP contribution in [0.3, 0.4) is 0 Å². The Morgan fingerprint density at radius 1 is 1.31 bits per heavy atom. The van der Waals surface area contributed by atoms with Gasteiger partial charge in [-0.05, 0) is 62.2 Å². The number of rotatable bonds is 7. The molecule has 0 radical (unpaired) electrons. The van der Waals surface area contributed by atoms with Gasteiger partial charge < -0.3 is 24.5 Å². The smallest absolute Gasteiger partial charge is 0.305 e. The number of aliphatic carboxylic acids is 1. The average molecular weight is 434 g/mol. The molecule has 1 aliphatic heterocycles. The largest absolute Gasteiger partial charge is 0.490 e. The van der Waals surface area contributed by atoms with Crippen molar-refractivity contribution >= 4 is 16.9 Å². The van der Waals surface area contributed by atoms with Crippen molar-refractivity contribution in [1.82, 2.24) is 9.88 Å². The number of nitrogens with zero attached hydrogens (tertiary/aromatic N) is 2. The van der Waals surface area contributed by atoms with E-state index in [1.165, 1.54) is 0 Å². The van der Waals surface area contributed by atoms with Crippen LogP contribution in [-0.2, 0) is 17.9 Å². The number of aromatic nitrogens is 1. The minimum Gasteiger partial charge on any atom is -0.490 e. The average Bonchev–Trinajstić information content (AvgIpc) is 3.05. The van der Waals surface area contributed by atoms with Crippen LogP contribution >= 0.6 is 0 Å². The fraction of sp³-hybridized carbons (Fsp3) is 0.360. The number of carbonyl (C=O) groups is 1. The molecule has 7 heteroatoms. The fourth-order valence-electron chi connectivity index (χ4n) is 4.37. The van der Waals surface area contributed by atoms with E-state index < -0.39 is 5.97 Å². The van der Waals surface area contributed by atoms with Crippen molar-refractivity contribution < 1.29 is 19.4 Å². The Bertz CT molecular complexity index is 1210. The van der Waals surface area contributed by atoms with E-state index in [0.29, 0.717) is 17.9 Å². The zero-order valence-electron chi connectivity index (χ0n) is 18.5. The Labute approximate surface area is 187 Å². The Morgan fingerprint density at radius 3 is 2.84 bits per heavy atom. The molecular weight excluding hydrogens is 406 g/mol. The van der Waals surface area contributed by atoms with Crippen LogP contribution in [0.5, 0.6) is 11.5 Å². The second kappa shape index (κ2) is 8.93. The minimum atomic E-state index is -0.814. The summed E-state index contributed by atoms with van der Waals surface area (Å²) in [4.78, 5) is 11.3. The van der Waals surface area contributed by atoms with Gasteiger partial charge in [0.1, 0.15) is 24.2 Å². The lowest BCUT2D eigenvalue weighted by Crippen LogP contribution is -2.34. The maximum absolute atomic E-state index is 11.3. The van der Waals surface area contributed by atoms with Crippen molar-refractivity contribution in [3.63, 3.8) is 0 Å². The molecule has 4 rings (SSSR count). The molecule has 1 aromatic heterocycles. The third-order valence-corrected chi connectivity index (χ3v) is 5.71. The number of fused-ring (bicyclic) bond motifs is 3. The predicted octanol–water partition coefficient (Wildman–Crippen LogP) is 4.31. The molecular formula is C25H27N3O4. The number of nitriles is 1. The summed E-state index contributed by atoms with van der Waals surface area (Å²) in [5, 5.41) is 23.1. The van der Waals surface area contributed by atoms with Crippen LogP contribution in [0.2, 0.25) is 0 Å². The lowest BCUT2D eigenvalue weighted by molar-refractivity contribution is -0.137. The van der Waals surface area contributed by atoms with Gasteiger partial charge in [0.2, 0.25) is 0 Å². The number of hydrogen-bond acceptors (Lipinski definition) is 5. The number of carboxylic acid groups (broad SMARTS) is 1. The Balaban J connectivity index is 1.57. The van der Waals surface area contributed by atoms with Gasteiger partial charge in [0, 0.05) is 29.7 Å². The topological polar surface area (TPSA) is 96.5 Å². The van der Waals surface area contributed by atoms with Crippen LogP contribution in [0.15, 0.2) is 36.4 Å². The first-order valence-corrected chi connectivity index (χ1v) is 10.8. The summed E-state index contributed by atoms with van der Waals surface area (Å²) in [6.45, 7) is 7.76. The number of aryl methyl sites for hydroxylation is 1. The van der Waals surface area contributed by atoms with Crippen molar-refractivity contribution in [1.29, 1.82) is 5.26 Å². The number of hydrogen-bond donors (Lipinski definition) is 2. The van der Waals surface area contributed by atoms with Crippen LogP contribution in [0.25, 0.3) is 10.9 Å². The van der Waals surface area contributed by atoms with E-state index in [1.807, 2.05) is 51.1 Å². The lowest BCUT2D eigenvalue weighted by atomic mass is 10.0. The second-order valence-electron chi connectivity index (χ2n) is 8.34. The predicted molar refractivity (Wildman–Crippen MR) is 121 cm³/mol. The molecule has 2 N–H and O–H groups in total. The first-order valence-electron chi connectivity index (χ1n) is 10.8. The van der Waals surface area contributed by atoms with Crippen molar-refractivity contribution in [2.24, 2.45) is 0 Å². The number of nitrogens with one attached hydrogen (secondary N) is 1. The monoisotopic (exact) mass is 433 g/mol. The molecule has 2 aromatic carbocycles. The van der Waals surface area contributed by atoms with Crippen LogP contribution < -0.4 is 14.8 Å². The van der Waals surface area contributed by atoms with Crippen LogP contribution in [0.1, 0.15) is 48.7 Å². The van der Waals surface area contributed by atoms with E-state index in [0.717, 1.165) is 46.6 Å². The van der Waals surface area contributed by atoms with Gasteiger partial charge >= 0.3 is 5.97 Å². The molecule has 7 nitrogen and oxygen atoms in total. The number of ether oxygens (including phenoxy) is 2. The van der Waals surface area contributed by atoms with Gasteiger partial charge in [-0.3, -0.25) is 4.79 Å². The Hall–Kier alpha value is -3.50. The van der Waals surface area contributed by atoms with Gasteiger partial charge in [-0.1, -0.05) is 6.07 Å². The van der Waals surface area contributed by atoms with E-state index >= 15 is 0 Å². The summed E-state index contributed by atoms with van der Waals surface area (Å²) in [5.41, 5.74) is 4.57. The fourth-order valence-corrected chi connectivity index (χ4v) is 4.37. The quantitative estimate of drug-likeness (QED) is 0.576. The van der Waals surface area contributed by atoms with Crippen molar-refractivity contribution in [2.75, 3.05) is 6.54 Å². The summed E-state index contributed by atoms with van der Waals surface area (Å²) < 4.78 is 13.9. The maximum Gasteiger partial charge on any atom is 0.305 e. The summed E-state index contributed by atoms with van der Waals surface area (Å²) in [6, 6.07) is 13.5. The molecule has 0 aliphatic carbocycles. The zero-order valence-corrected chi connectivity index (χ0v) is 18.5. The molecule has 3 aromatic rings. The highest BCUT2D eigenvalue weighted by Crippen LogP contribution is 2.35. The van der Waals surface area contributed by atoms with E-state index in [4.69, 9.17) is 9.47 Å². The highest BCUT2D eigenvalue weighted by molar-refractivity contribution is 5.87. The molecule has 2 heterocycles. The van der Waals surface area contributed by atoms with Gasteiger partial charge in [-0.25, -0.2) is 0 Å². The molecule has 0 bridgehead atoms. The molecule has 32 heavy (non-hydrogen) atoms. The number of carboxylic acids is 1. The van der Waals surface area contributed by atoms with Crippen molar-refractivity contribution in [3.05, 3.63) is 58.8 Å². The molecule has 0 saturated carbocycles. The van der Waals surface area contributed by atoms with Gasteiger partial charge in [-0.2, -0.15) is 5.26 Å². The number of benzene rings is 2. The molecule has 0 spiro atoms. The molecule has 1 aliphatic rings. The maximum atomic E-state index is 11.3. The van der Waals surface area contributed by atoms with Gasteiger partial charge in [0.25, 0.3) is 0 Å². The van der Waals surface area contributed by atoms with E-state index in [9.17, 15) is 15.2 Å². The summed E-state index contributed by atoms with van der Waals surface area (Å²) in [5.74, 6) is 0.491. The van der Waals surface area contributed by atoms with Crippen LogP contribution in [0.4, 0.5) is 0 Å². The Morgan fingerprint density at radius 2 is 2.12 bits per heavy atom. The molecule has 0 unspecified atom stereocenters. The van der Waals surface area contributed by atoms with Gasteiger partial charge in [-0.15, -0.1) is 0 Å². The first-order chi connectivity index (χ1) is 15.4. The van der Waals surface area contributed by atoms with Crippen molar-refractivity contribution in [3.8, 4) is 17.6 Å². The SMILES string of the molecule is Cc1c2n(c3ccc(OCc4ccc(OC(C)C)c(C#N)c4)cc13)CCN[C@@H]2CC(=O)O. The van der Waals surface area contributed by atoms with Gasteiger partial charge in [0.05, 0.1) is 24.1 Å². The lowest BCUT2D eigenvalue weighted by Gasteiger charge is -2.26. The first kappa shape index (κ1) is 21.7. The molecule has 0 fully saturated rings.